The molecule has 0 spiro atoms. The van der Waals surface area contributed by atoms with Crippen LogP contribution in [0.2, 0.25) is 0 Å². The van der Waals surface area contributed by atoms with Gasteiger partial charge in [-0.15, -0.1) is 11.3 Å². The fourth-order valence-corrected chi connectivity index (χ4v) is 3.48. The van der Waals surface area contributed by atoms with Crippen molar-refractivity contribution in [1.82, 2.24) is 10.3 Å². The highest BCUT2D eigenvalue weighted by Crippen LogP contribution is 2.27. The SMILES string of the molecule is CC(=O)NCC1CN(c2ccc(N(C=N)CCNc3nc(O)cs3)c(F)c2)C(=O)O1. The average Bonchev–Trinajstić information content (AvgIpc) is 3.29. The standard InChI is InChI=1S/C18H21FN6O4S/c1-11(26)22-7-13-8-25(18(28)29-13)12-2-3-15(14(19)6-12)24(10-20)5-4-21-17-23-16(27)9-30-17/h2-3,6,9-10,13,20,27H,4-5,7-8H2,1H3,(H,21,23)(H,22,26). The maximum atomic E-state index is 14.7. The number of amides is 2. The van der Waals surface area contributed by atoms with Crippen molar-refractivity contribution < 1.29 is 23.8 Å². The third-order valence-corrected chi connectivity index (χ3v) is 5.07. The molecule has 2 amide bonds. The fourth-order valence-electron chi connectivity index (χ4n) is 2.88. The smallest absolute Gasteiger partial charge is 0.414 e. The van der Waals surface area contributed by atoms with Crippen LogP contribution in [0.5, 0.6) is 5.88 Å². The van der Waals surface area contributed by atoms with Gasteiger partial charge in [0.05, 0.1) is 36.2 Å². The topological polar surface area (TPSA) is 131 Å². The maximum absolute atomic E-state index is 14.7. The van der Waals surface area contributed by atoms with Crippen LogP contribution in [0, 0.1) is 11.2 Å². The number of halogens is 1. The van der Waals surface area contributed by atoms with E-state index in [1.807, 2.05) is 0 Å². The van der Waals surface area contributed by atoms with Crippen molar-refractivity contribution in [2.75, 3.05) is 41.3 Å². The molecule has 2 heterocycles. The second kappa shape index (κ2) is 9.39. The Morgan fingerprint density at radius 2 is 2.37 bits per heavy atom. The normalized spacial score (nSPS) is 15.6. The van der Waals surface area contributed by atoms with Crippen molar-refractivity contribution in [3.63, 3.8) is 0 Å². The summed E-state index contributed by atoms with van der Waals surface area (Å²) in [5.74, 6) is -0.901. The number of nitrogens with zero attached hydrogens (tertiary/aromatic N) is 3. The summed E-state index contributed by atoms with van der Waals surface area (Å²) in [7, 11) is 0. The number of nitrogens with one attached hydrogen (secondary N) is 3. The van der Waals surface area contributed by atoms with Gasteiger partial charge in [-0.3, -0.25) is 15.1 Å². The molecule has 1 saturated heterocycles. The Bertz CT molecular complexity index is 939. The van der Waals surface area contributed by atoms with Crippen molar-refractivity contribution in [2.24, 2.45) is 0 Å². The number of aromatic nitrogens is 1. The quantitative estimate of drug-likeness (QED) is 0.349. The maximum Gasteiger partial charge on any atom is 0.414 e. The van der Waals surface area contributed by atoms with Crippen molar-refractivity contribution in [3.8, 4) is 5.88 Å². The molecule has 1 aliphatic rings. The second-order valence-corrected chi connectivity index (χ2v) is 7.31. The van der Waals surface area contributed by atoms with Crippen LogP contribution >= 0.6 is 11.3 Å². The Morgan fingerprint density at radius 1 is 1.57 bits per heavy atom. The number of thiazole rings is 1. The zero-order chi connectivity index (χ0) is 21.7. The van der Waals surface area contributed by atoms with E-state index in [-0.39, 0.29) is 37.1 Å². The lowest BCUT2D eigenvalue weighted by atomic mass is 10.2. The van der Waals surface area contributed by atoms with Gasteiger partial charge in [0.25, 0.3) is 0 Å². The van der Waals surface area contributed by atoms with Crippen LogP contribution in [0.25, 0.3) is 0 Å². The molecule has 160 valence electrons. The van der Waals surface area contributed by atoms with Crippen LogP contribution in [0.3, 0.4) is 0 Å². The van der Waals surface area contributed by atoms with E-state index in [1.165, 1.54) is 45.6 Å². The van der Waals surface area contributed by atoms with Gasteiger partial charge in [0.15, 0.2) is 5.13 Å². The zero-order valence-electron chi connectivity index (χ0n) is 16.1. The molecule has 30 heavy (non-hydrogen) atoms. The molecule has 1 unspecified atom stereocenters. The van der Waals surface area contributed by atoms with Gasteiger partial charge in [-0.25, -0.2) is 9.18 Å². The van der Waals surface area contributed by atoms with Gasteiger partial charge in [-0.05, 0) is 18.2 Å². The summed E-state index contributed by atoms with van der Waals surface area (Å²) in [4.78, 5) is 29.6. The van der Waals surface area contributed by atoms with Crippen LogP contribution in [0.15, 0.2) is 23.6 Å². The lowest BCUT2D eigenvalue weighted by Gasteiger charge is -2.21. The number of ether oxygens (including phenoxy) is 1. The molecule has 1 aliphatic heterocycles. The molecule has 1 aromatic carbocycles. The molecule has 2 aromatic rings. The monoisotopic (exact) mass is 436 g/mol. The highest BCUT2D eigenvalue weighted by atomic mass is 32.1. The molecule has 0 saturated carbocycles. The first-order valence-corrected chi connectivity index (χ1v) is 9.93. The van der Waals surface area contributed by atoms with E-state index in [0.29, 0.717) is 17.4 Å². The Kier molecular flexibility index (Phi) is 6.67. The number of hydrogen-bond donors (Lipinski definition) is 4. The molecule has 4 N–H and O–H groups in total. The van der Waals surface area contributed by atoms with Crippen molar-refractivity contribution in [3.05, 3.63) is 29.4 Å². The van der Waals surface area contributed by atoms with E-state index < -0.39 is 18.0 Å². The summed E-state index contributed by atoms with van der Waals surface area (Å²) in [5, 5.41) is 24.4. The summed E-state index contributed by atoms with van der Waals surface area (Å²) in [6.45, 7) is 2.39. The number of aromatic hydroxyl groups is 1. The molecule has 0 radical (unpaired) electrons. The lowest BCUT2D eigenvalue weighted by molar-refractivity contribution is -0.119. The molecule has 1 atom stereocenters. The fraction of sp³-hybridized carbons (Fsp3) is 0.333. The number of rotatable bonds is 9. The molecular weight excluding hydrogens is 415 g/mol. The number of carbonyl (C=O) groups excluding carboxylic acids is 2. The van der Waals surface area contributed by atoms with Gasteiger partial charge >= 0.3 is 6.09 Å². The van der Waals surface area contributed by atoms with E-state index in [1.54, 1.807) is 6.07 Å². The Morgan fingerprint density at radius 3 is 3.00 bits per heavy atom. The van der Waals surface area contributed by atoms with Gasteiger partial charge in [-0.1, -0.05) is 0 Å². The number of hydrogen-bond acceptors (Lipinski definition) is 8. The van der Waals surface area contributed by atoms with Crippen LogP contribution in [-0.2, 0) is 9.53 Å². The summed E-state index contributed by atoms with van der Waals surface area (Å²) >= 11 is 1.23. The third-order valence-electron chi connectivity index (χ3n) is 4.28. The van der Waals surface area contributed by atoms with Crippen molar-refractivity contribution in [2.45, 2.75) is 13.0 Å². The van der Waals surface area contributed by atoms with E-state index in [9.17, 15) is 19.1 Å². The van der Waals surface area contributed by atoms with Crippen molar-refractivity contribution >= 4 is 46.2 Å². The van der Waals surface area contributed by atoms with Gasteiger partial charge in [0.2, 0.25) is 11.8 Å². The Balaban J connectivity index is 1.62. The van der Waals surface area contributed by atoms with Gasteiger partial charge < -0.3 is 25.4 Å². The molecule has 10 nitrogen and oxygen atoms in total. The van der Waals surface area contributed by atoms with Gasteiger partial charge in [-0.2, -0.15) is 4.98 Å². The minimum atomic E-state index is -0.614. The molecule has 0 aliphatic carbocycles. The first-order valence-electron chi connectivity index (χ1n) is 9.05. The first-order chi connectivity index (χ1) is 14.4. The summed E-state index contributed by atoms with van der Waals surface area (Å²) in [6.07, 6.45) is -0.122. The number of cyclic esters (lactones) is 1. The Hall–Kier alpha value is -3.41. The van der Waals surface area contributed by atoms with Crippen LogP contribution in [-0.4, -0.2) is 60.7 Å². The minimum absolute atomic E-state index is 0.0761. The van der Waals surface area contributed by atoms with Crippen LogP contribution in [0.4, 0.5) is 25.7 Å². The Labute approximate surface area is 175 Å². The molecule has 3 rings (SSSR count). The first kappa shape index (κ1) is 21.3. The molecule has 12 heteroatoms. The average molecular weight is 436 g/mol. The van der Waals surface area contributed by atoms with E-state index in [4.69, 9.17) is 10.1 Å². The van der Waals surface area contributed by atoms with Crippen LogP contribution in [0.1, 0.15) is 6.92 Å². The number of benzene rings is 1. The second-order valence-electron chi connectivity index (χ2n) is 6.45. The highest BCUT2D eigenvalue weighted by molar-refractivity contribution is 7.13. The van der Waals surface area contributed by atoms with Gasteiger partial charge in [0, 0.05) is 20.0 Å². The lowest BCUT2D eigenvalue weighted by Crippen LogP contribution is -2.33. The molecule has 0 bridgehead atoms. The van der Waals surface area contributed by atoms with Crippen molar-refractivity contribution in [1.29, 1.82) is 5.41 Å². The highest BCUT2D eigenvalue weighted by Gasteiger charge is 2.32. The predicted molar refractivity (Wildman–Crippen MR) is 111 cm³/mol. The molecule has 1 fully saturated rings. The third kappa shape index (κ3) is 5.14. The van der Waals surface area contributed by atoms with Gasteiger partial charge in [0.1, 0.15) is 11.9 Å². The molecular formula is C18H21FN6O4S. The van der Waals surface area contributed by atoms with E-state index in [2.05, 4.69) is 15.6 Å². The van der Waals surface area contributed by atoms with Crippen LogP contribution < -0.4 is 20.4 Å². The van der Waals surface area contributed by atoms with E-state index in [0.717, 1.165) is 6.34 Å². The summed E-state index contributed by atoms with van der Waals surface area (Å²) in [5.41, 5.74) is 0.507. The minimum Gasteiger partial charge on any atom is -0.493 e. The number of carbonyl (C=O) groups is 2. The largest absolute Gasteiger partial charge is 0.493 e. The molecule has 1 aromatic heterocycles. The predicted octanol–water partition coefficient (Wildman–Crippen LogP) is 1.97. The zero-order valence-corrected chi connectivity index (χ0v) is 16.9. The van der Waals surface area contributed by atoms with E-state index >= 15 is 0 Å². The summed E-state index contributed by atoms with van der Waals surface area (Å²) < 4.78 is 19.9. The summed E-state index contributed by atoms with van der Waals surface area (Å²) in [6, 6.07) is 4.27. The number of anilines is 3.